The van der Waals surface area contributed by atoms with Gasteiger partial charge < -0.3 is 13.7 Å². The number of thioether (sulfide) groups is 2. The number of furan rings is 2. The summed E-state index contributed by atoms with van der Waals surface area (Å²) < 4.78 is 11.1. The molecule has 8 rings (SSSR count). The zero-order valence-electron chi connectivity index (χ0n) is 30.3. The number of carbonyl (C=O) groups is 6. The minimum atomic E-state index is -0.392. The first-order chi connectivity index (χ1) is 27.2. The summed E-state index contributed by atoms with van der Waals surface area (Å²) >= 11 is 1.76. The molecule has 4 saturated heterocycles. The molecule has 2 aromatic heterocycles. The molecule has 13 nitrogen and oxygen atoms in total. The molecule has 4 fully saturated rings. The minimum absolute atomic E-state index is 0.0204. The summed E-state index contributed by atoms with van der Waals surface area (Å²) in [4.78, 5) is 73.3. The predicted molar refractivity (Wildman–Crippen MR) is 217 cm³/mol. The predicted octanol–water partition coefficient (Wildman–Crippen LogP) is 7.46. The molecule has 4 aliphatic heterocycles. The number of nitrogens with one attached hydrogen (secondary N) is 3. The number of hydrazine groups is 1. The summed E-state index contributed by atoms with van der Waals surface area (Å²) in [5.74, 6) is -0.929. The number of fused-ring (bicyclic) bond motifs is 2. The van der Waals surface area contributed by atoms with Crippen LogP contribution in [0.2, 0.25) is 0 Å². The summed E-state index contributed by atoms with van der Waals surface area (Å²) in [6, 6.07) is 11.0. The maximum absolute atomic E-state index is 12.5. The van der Waals surface area contributed by atoms with E-state index >= 15 is 0 Å². The minimum Gasteiger partial charge on any atom is -0.464 e. The summed E-state index contributed by atoms with van der Waals surface area (Å²) in [6.07, 6.45) is 21.0. The van der Waals surface area contributed by atoms with Crippen molar-refractivity contribution in [1.29, 1.82) is 0 Å². The topological polar surface area (TPSA) is 171 Å². The van der Waals surface area contributed by atoms with E-state index in [4.69, 9.17) is 8.83 Å². The van der Waals surface area contributed by atoms with E-state index in [9.17, 15) is 28.8 Å². The number of rotatable bonds is 7. The van der Waals surface area contributed by atoms with Gasteiger partial charge in [-0.3, -0.25) is 44.8 Å². The monoisotopic (exact) mass is 793 g/mol. The number of hydrogen-bond donors (Lipinski definition) is 3. The number of amides is 6. The van der Waals surface area contributed by atoms with Crippen LogP contribution < -0.4 is 16.1 Å². The normalized spacial score (nSPS) is 19.6. The first-order valence-corrected chi connectivity index (χ1v) is 20.0. The van der Waals surface area contributed by atoms with E-state index in [0.717, 1.165) is 108 Å². The molecule has 0 radical (unpaired) electrons. The van der Waals surface area contributed by atoms with Crippen LogP contribution >= 0.6 is 23.5 Å². The maximum atomic E-state index is 12.5. The lowest BCUT2D eigenvalue weighted by Gasteiger charge is -2.26. The average Bonchev–Trinajstić information content (AvgIpc) is 3.89. The number of carbonyl (C=O) groups excluding carboxylic acids is 6. The smallest absolute Gasteiger partial charge is 0.290 e. The van der Waals surface area contributed by atoms with Crippen LogP contribution in [0.15, 0.2) is 79.7 Å². The summed E-state index contributed by atoms with van der Waals surface area (Å²) in [6.45, 7) is 3.37. The van der Waals surface area contributed by atoms with E-state index in [2.05, 4.69) is 16.1 Å². The van der Waals surface area contributed by atoms with Gasteiger partial charge in [0.15, 0.2) is 0 Å². The van der Waals surface area contributed by atoms with Crippen LogP contribution in [-0.4, -0.2) is 70.2 Å². The van der Waals surface area contributed by atoms with Gasteiger partial charge in [0, 0.05) is 60.2 Å². The second-order valence-electron chi connectivity index (χ2n) is 13.5. The fourth-order valence-corrected chi connectivity index (χ4v) is 8.00. The van der Waals surface area contributed by atoms with Gasteiger partial charge in [-0.1, -0.05) is 31.4 Å². The van der Waals surface area contributed by atoms with Gasteiger partial charge in [-0.25, -0.2) is 5.01 Å². The Morgan fingerprint density at radius 2 is 1.12 bits per heavy atom. The van der Waals surface area contributed by atoms with Crippen molar-refractivity contribution >= 4 is 104 Å². The molecule has 0 atom stereocenters. The molecular weight excluding hydrogens is 755 g/mol. The Labute approximate surface area is 330 Å². The zero-order chi connectivity index (χ0) is 39.0. The molecule has 0 unspecified atom stereocenters. The zero-order valence-corrected chi connectivity index (χ0v) is 32.0. The van der Waals surface area contributed by atoms with Crippen molar-refractivity contribution in [3.8, 4) is 0 Å². The third kappa shape index (κ3) is 9.77. The van der Waals surface area contributed by atoms with Gasteiger partial charge in [-0.05, 0) is 109 Å². The lowest BCUT2D eigenvalue weighted by atomic mass is 10.1. The Morgan fingerprint density at radius 3 is 1.62 bits per heavy atom. The van der Waals surface area contributed by atoms with Crippen molar-refractivity contribution in [2.24, 2.45) is 0 Å². The summed E-state index contributed by atoms with van der Waals surface area (Å²) in [5.41, 5.74) is 7.39. The number of hydrogen-bond acceptors (Lipinski definition) is 11. The molecule has 0 saturated carbocycles. The van der Waals surface area contributed by atoms with E-state index in [1.54, 1.807) is 49.0 Å². The van der Waals surface area contributed by atoms with Gasteiger partial charge in [-0.15, -0.1) is 0 Å². The second kappa shape index (κ2) is 17.9. The highest BCUT2D eigenvalue weighted by Crippen LogP contribution is 2.30. The molecule has 6 heterocycles. The quantitative estimate of drug-likeness (QED) is 0.159. The van der Waals surface area contributed by atoms with Crippen LogP contribution in [0.25, 0.3) is 46.2 Å². The molecule has 3 N–H and O–H groups in total. The van der Waals surface area contributed by atoms with Crippen molar-refractivity contribution in [3.63, 3.8) is 0 Å². The highest BCUT2D eigenvalue weighted by Gasteiger charge is 2.26. The Balaban J connectivity index is 0.000000172. The van der Waals surface area contributed by atoms with Gasteiger partial charge >= 0.3 is 0 Å². The first-order valence-electron chi connectivity index (χ1n) is 18.4. The van der Waals surface area contributed by atoms with Gasteiger partial charge in [0.1, 0.15) is 11.2 Å². The van der Waals surface area contributed by atoms with E-state index in [1.165, 1.54) is 25.3 Å². The highest BCUT2D eigenvalue weighted by molar-refractivity contribution is 8.18. The fraction of sp³-hybridized carbons (Fsp3) is 0.268. The fourth-order valence-electron chi connectivity index (χ4n) is 6.64. The van der Waals surface area contributed by atoms with Crippen LogP contribution in [-0.2, 0) is 19.2 Å². The molecule has 0 spiro atoms. The lowest BCUT2D eigenvalue weighted by molar-refractivity contribution is -0.126. The van der Waals surface area contributed by atoms with Crippen molar-refractivity contribution in [3.05, 3.63) is 93.1 Å². The van der Waals surface area contributed by atoms with Crippen LogP contribution in [0, 0.1) is 0 Å². The molecule has 4 aliphatic rings. The third-order valence-corrected chi connectivity index (χ3v) is 11.1. The lowest BCUT2D eigenvalue weighted by Crippen LogP contribution is -2.44. The second-order valence-corrected chi connectivity index (χ2v) is 15.6. The van der Waals surface area contributed by atoms with Crippen molar-refractivity contribution < 1.29 is 37.6 Å². The molecule has 2 aromatic carbocycles. The van der Waals surface area contributed by atoms with Gasteiger partial charge in [0.2, 0.25) is 5.91 Å². The number of piperidine rings is 1. The molecule has 4 aromatic rings. The molecule has 0 aliphatic carbocycles. The molecule has 0 bridgehead atoms. The standard InChI is InChI=1S/C21H20N2O4S.C20H19N3O4S/c24-19(23-9-3-1-2-4-10-23)8-6-15-13-27-17-7-5-14(11-16(15)17)12-18-20(25)22-21(26)28-18;24-18(22-23-8-2-1-3-9-23)7-5-14-12-27-16-6-4-13(10-15(14)16)11-17-19(25)21-20(26)28-17/h5-8,11-13H,1-4,9-10H2,(H,22,25,26);4-7,10-12H,1-3,8-9H2,(H,22,24)(H,21,25,26). The Kier molecular flexibility index (Phi) is 12.3. The molecular formula is C41H39N5O8S2. The van der Waals surface area contributed by atoms with Crippen LogP contribution in [0.1, 0.15) is 67.2 Å². The van der Waals surface area contributed by atoms with Gasteiger partial charge in [0.05, 0.1) is 22.3 Å². The molecule has 56 heavy (non-hydrogen) atoms. The van der Waals surface area contributed by atoms with E-state index < -0.39 is 5.91 Å². The SMILES string of the molecule is O=C(C=Cc1coc2ccc(C=C3SC(=O)NC3=O)cc12)NN1CCCCC1.O=C1NC(=O)C(=Cc2ccc3occ(C=CC(=O)N4CCCCCC4)c3c2)S1. The Morgan fingerprint density at radius 1 is 0.643 bits per heavy atom. The number of nitrogens with zero attached hydrogens (tertiary/aromatic N) is 2. The van der Waals surface area contributed by atoms with Crippen LogP contribution in [0.4, 0.5) is 9.59 Å². The Bertz CT molecular complexity index is 2320. The van der Waals surface area contributed by atoms with Crippen LogP contribution in [0.5, 0.6) is 0 Å². The van der Waals surface area contributed by atoms with Crippen LogP contribution in [0.3, 0.4) is 0 Å². The van der Waals surface area contributed by atoms with Gasteiger partial charge in [0.25, 0.3) is 28.2 Å². The molecule has 288 valence electrons. The van der Waals surface area contributed by atoms with Crippen molar-refractivity contribution in [2.45, 2.75) is 44.9 Å². The molecule has 6 amide bonds. The van der Waals surface area contributed by atoms with Crippen molar-refractivity contribution in [2.75, 3.05) is 26.2 Å². The van der Waals surface area contributed by atoms with Gasteiger partial charge in [-0.2, -0.15) is 0 Å². The largest absolute Gasteiger partial charge is 0.464 e. The van der Waals surface area contributed by atoms with Crippen molar-refractivity contribution in [1.82, 2.24) is 26.0 Å². The first kappa shape index (κ1) is 38.6. The van der Waals surface area contributed by atoms with E-state index in [1.807, 2.05) is 40.2 Å². The number of benzene rings is 2. The maximum Gasteiger partial charge on any atom is 0.290 e. The molecule has 15 heteroatoms. The highest BCUT2D eigenvalue weighted by atomic mass is 32.2. The average molecular weight is 794 g/mol. The summed E-state index contributed by atoms with van der Waals surface area (Å²) in [5, 5.41) is 7.36. The third-order valence-electron chi connectivity index (χ3n) is 9.50. The summed E-state index contributed by atoms with van der Waals surface area (Å²) in [7, 11) is 0. The van der Waals surface area contributed by atoms with E-state index in [0.29, 0.717) is 21.0 Å². The number of imide groups is 2. The Hall–Kier alpha value is -5.64. The number of likely N-dealkylation sites (tertiary alicyclic amines) is 1. The van der Waals surface area contributed by atoms with E-state index in [-0.39, 0.29) is 28.2 Å².